The van der Waals surface area contributed by atoms with Gasteiger partial charge in [0.05, 0.1) is 11.8 Å². The van der Waals surface area contributed by atoms with Crippen LogP contribution in [-0.4, -0.2) is 52.1 Å². The molecule has 3 atom stereocenters. The van der Waals surface area contributed by atoms with Gasteiger partial charge < -0.3 is 10.2 Å². The van der Waals surface area contributed by atoms with E-state index in [0.717, 1.165) is 35.7 Å². The molecule has 2 fully saturated rings. The highest BCUT2D eigenvalue weighted by Crippen LogP contribution is 2.35. The number of hydrogen-bond acceptors (Lipinski definition) is 4. The van der Waals surface area contributed by atoms with Crippen molar-refractivity contribution in [1.29, 1.82) is 0 Å². The number of rotatable bonds is 8. The minimum Gasteiger partial charge on any atom is -0.352 e. The number of likely N-dealkylation sites (tertiary alicyclic amines) is 1. The number of allylic oxidation sites excluding steroid dienone is 2. The largest absolute Gasteiger partial charge is 0.352 e. The zero-order valence-electron chi connectivity index (χ0n) is 20.2. The van der Waals surface area contributed by atoms with Crippen LogP contribution in [0.25, 0.3) is 0 Å². The third-order valence-corrected chi connectivity index (χ3v) is 8.00. The van der Waals surface area contributed by atoms with E-state index in [2.05, 4.69) is 21.2 Å². The summed E-state index contributed by atoms with van der Waals surface area (Å²) in [5.74, 6) is -1.38. The summed E-state index contributed by atoms with van der Waals surface area (Å²) in [4.78, 5) is 55.0. The molecule has 8 heteroatoms. The van der Waals surface area contributed by atoms with Crippen molar-refractivity contribution in [3.05, 3.63) is 46.5 Å². The molecule has 1 saturated heterocycles. The van der Waals surface area contributed by atoms with E-state index in [9.17, 15) is 19.2 Å². The highest BCUT2D eigenvalue weighted by Gasteiger charge is 2.47. The summed E-state index contributed by atoms with van der Waals surface area (Å²) < 4.78 is 0.895. The van der Waals surface area contributed by atoms with E-state index in [1.807, 2.05) is 36.4 Å². The second-order valence-electron chi connectivity index (χ2n) is 9.90. The summed E-state index contributed by atoms with van der Waals surface area (Å²) in [6.07, 6.45) is 10.4. The van der Waals surface area contributed by atoms with E-state index in [0.29, 0.717) is 12.8 Å². The van der Waals surface area contributed by atoms with Gasteiger partial charge >= 0.3 is 0 Å². The second-order valence-corrected chi connectivity index (χ2v) is 10.8. The molecule has 1 aromatic carbocycles. The lowest BCUT2D eigenvalue weighted by Crippen LogP contribution is -2.51. The third kappa shape index (κ3) is 6.02. The van der Waals surface area contributed by atoms with Crippen molar-refractivity contribution in [3.8, 4) is 0 Å². The van der Waals surface area contributed by atoms with E-state index in [4.69, 9.17) is 0 Å². The normalized spacial score (nSPS) is 23.2. The van der Waals surface area contributed by atoms with Crippen LogP contribution in [0, 0.1) is 11.8 Å². The summed E-state index contributed by atoms with van der Waals surface area (Å²) in [6.45, 7) is 2.07. The maximum Gasteiger partial charge on any atom is 0.242 e. The van der Waals surface area contributed by atoms with Gasteiger partial charge in [0.15, 0.2) is 0 Å². The van der Waals surface area contributed by atoms with Crippen molar-refractivity contribution < 1.29 is 19.2 Å². The first-order valence-electron chi connectivity index (χ1n) is 12.7. The maximum absolute atomic E-state index is 13.4. The fourth-order valence-corrected chi connectivity index (χ4v) is 5.87. The Morgan fingerprint density at radius 2 is 1.74 bits per heavy atom. The Hall–Kier alpha value is -2.48. The molecule has 188 valence electrons. The Kier molecular flexibility index (Phi) is 8.42. The molecule has 0 spiro atoms. The number of nitrogens with one attached hydrogen (secondary N) is 1. The lowest BCUT2D eigenvalue weighted by Gasteiger charge is -2.31. The monoisotopic (exact) mass is 543 g/mol. The van der Waals surface area contributed by atoms with Gasteiger partial charge in [0.2, 0.25) is 23.6 Å². The third-order valence-electron chi connectivity index (χ3n) is 7.51. The second kappa shape index (κ2) is 11.5. The van der Waals surface area contributed by atoms with Crippen molar-refractivity contribution in [2.75, 3.05) is 6.54 Å². The number of fused-ring (bicyclic) bond motifs is 1. The standard InChI is InChI=1S/C27H34BrN3O4/c1-18(25(33)29-21-10-3-2-4-11-21)31(17-19-8-7-9-20(28)16-19)24(32)14-15-30-26(34)22-12-5-6-13-23(22)27(30)35/h5-9,16,18,21-23H,2-4,10-15,17H2,1H3,(H,29,33)/t18?,22-,23+. The van der Waals surface area contributed by atoms with Gasteiger partial charge in [-0.05, 0) is 50.3 Å². The molecule has 1 heterocycles. The van der Waals surface area contributed by atoms with Crippen molar-refractivity contribution in [2.45, 2.75) is 76.9 Å². The van der Waals surface area contributed by atoms with Crippen LogP contribution >= 0.6 is 15.9 Å². The summed E-state index contributed by atoms with van der Waals surface area (Å²) in [7, 11) is 0. The highest BCUT2D eigenvalue weighted by molar-refractivity contribution is 9.10. The lowest BCUT2D eigenvalue weighted by molar-refractivity contribution is -0.144. The Morgan fingerprint density at radius 1 is 1.09 bits per heavy atom. The maximum atomic E-state index is 13.4. The van der Waals surface area contributed by atoms with Crippen LogP contribution in [0.5, 0.6) is 0 Å². The summed E-state index contributed by atoms with van der Waals surface area (Å²) >= 11 is 3.47. The molecule has 3 aliphatic rings. The van der Waals surface area contributed by atoms with Crippen LogP contribution < -0.4 is 5.32 Å². The molecule has 0 aromatic heterocycles. The number of halogens is 1. The molecular weight excluding hydrogens is 510 g/mol. The number of carbonyl (C=O) groups is 4. The van der Waals surface area contributed by atoms with Gasteiger partial charge in [-0.3, -0.25) is 24.1 Å². The van der Waals surface area contributed by atoms with Crippen molar-refractivity contribution in [1.82, 2.24) is 15.1 Å². The van der Waals surface area contributed by atoms with Crippen LogP contribution in [0.3, 0.4) is 0 Å². The molecule has 0 radical (unpaired) electrons. The van der Waals surface area contributed by atoms with Gasteiger partial charge in [-0.2, -0.15) is 0 Å². The fourth-order valence-electron chi connectivity index (χ4n) is 5.42. The van der Waals surface area contributed by atoms with E-state index in [-0.39, 0.29) is 61.0 Å². The van der Waals surface area contributed by atoms with E-state index in [1.54, 1.807) is 11.8 Å². The van der Waals surface area contributed by atoms with Crippen molar-refractivity contribution in [2.24, 2.45) is 11.8 Å². The Balaban J connectivity index is 1.44. The van der Waals surface area contributed by atoms with E-state index >= 15 is 0 Å². The average molecular weight is 544 g/mol. The SMILES string of the molecule is CC(C(=O)NC1CCCCC1)N(Cc1cccc(Br)c1)C(=O)CCN1C(=O)[C@H]2CC=CC[C@H]2C1=O. The van der Waals surface area contributed by atoms with E-state index < -0.39 is 6.04 Å². The molecule has 35 heavy (non-hydrogen) atoms. The lowest BCUT2D eigenvalue weighted by atomic mass is 9.85. The molecule has 7 nitrogen and oxygen atoms in total. The number of carbonyl (C=O) groups excluding carboxylic acids is 4. The summed E-state index contributed by atoms with van der Waals surface area (Å²) in [6, 6.07) is 7.14. The van der Waals surface area contributed by atoms with Crippen LogP contribution in [0.2, 0.25) is 0 Å². The molecule has 1 saturated carbocycles. The van der Waals surface area contributed by atoms with Gasteiger partial charge in [-0.15, -0.1) is 0 Å². The molecule has 2 aliphatic carbocycles. The summed E-state index contributed by atoms with van der Waals surface area (Å²) in [5.41, 5.74) is 0.899. The molecule has 1 aliphatic heterocycles. The highest BCUT2D eigenvalue weighted by atomic mass is 79.9. The van der Waals surface area contributed by atoms with Crippen LogP contribution in [0.4, 0.5) is 0 Å². The quantitative estimate of drug-likeness (QED) is 0.397. The molecule has 1 unspecified atom stereocenters. The topological polar surface area (TPSA) is 86.8 Å². The summed E-state index contributed by atoms with van der Waals surface area (Å²) in [5, 5.41) is 3.13. The Labute approximate surface area is 215 Å². The predicted molar refractivity (Wildman–Crippen MR) is 136 cm³/mol. The minimum atomic E-state index is -0.667. The minimum absolute atomic E-state index is 0.000595. The first-order chi connectivity index (χ1) is 16.8. The zero-order valence-corrected chi connectivity index (χ0v) is 21.8. The van der Waals surface area contributed by atoms with Gasteiger partial charge in [-0.25, -0.2) is 0 Å². The van der Waals surface area contributed by atoms with E-state index in [1.165, 1.54) is 11.3 Å². The number of hydrogen-bond donors (Lipinski definition) is 1. The predicted octanol–water partition coefficient (Wildman–Crippen LogP) is 3.96. The molecule has 4 amide bonds. The zero-order chi connectivity index (χ0) is 24.9. The van der Waals surface area contributed by atoms with Crippen molar-refractivity contribution in [3.63, 3.8) is 0 Å². The Morgan fingerprint density at radius 3 is 2.37 bits per heavy atom. The molecule has 1 aromatic rings. The number of amides is 4. The molecule has 0 bridgehead atoms. The first-order valence-corrected chi connectivity index (χ1v) is 13.5. The smallest absolute Gasteiger partial charge is 0.242 e. The average Bonchev–Trinajstić information content (AvgIpc) is 3.10. The fraction of sp³-hybridized carbons (Fsp3) is 0.556. The van der Waals surface area contributed by atoms with Gasteiger partial charge in [0, 0.05) is 30.0 Å². The number of nitrogens with zero attached hydrogens (tertiary/aromatic N) is 2. The Bertz CT molecular complexity index is 978. The molecule has 4 rings (SSSR count). The van der Waals surface area contributed by atoms with Crippen LogP contribution in [-0.2, 0) is 25.7 Å². The molecular formula is C27H34BrN3O4. The first kappa shape index (κ1) is 25.6. The molecule has 1 N–H and O–H groups in total. The number of imide groups is 1. The van der Waals surface area contributed by atoms with Crippen molar-refractivity contribution >= 4 is 39.6 Å². The van der Waals surface area contributed by atoms with Gasteiger partial charge in [-0.1, -0.05) is 59.5 Å². The van der Waals surface area contributed by atoms with Crippen LogP contribution in [0.15, 0.2) is 40.9 Å². The van der Waals surface area contributed by atoms with Crippen LogP contribution in [0.1, 0.15) is 63.9 Å². The van der Waals surface area contributed by atoms with Gasteiger partial charge in [0.25, 0.3) is 0 Å². The van der Waals surface area contributed by atoms with Gasteiger partial charge in [0.1, 0.15) is 6.04 Å². The number of benzene rings is 1.